The summed E-state index contributed by atoms with van der Waals surface area (Å²) in [5.41, 5.74) is 1.49. The van der Waals surface area contributed by atoms with Crippen molar-refractivity contribution in [1.82, 2.24) is 10.2 Å². The molecule has 1 rings (SSSR count). The Morgan fingerprint density at radius 3 is 2.27 bits per heavy atom. The van der Waals surface area contributed by atoms with Gasteiger partial charge in [0.05, 0.1) is 0 Å². The fourth-order valence-corrected chi connectivity index (χ4v) is 0.782. The van der Waals surface area contributed by atoms with E-state index in [1.807, 2.05) is 6.92 Å². The maximum atomic E-state index is 10.3. The molecule has 0 unspecified atom stereocenters. The van der Waals surface area contributed by atoms with Gasteiger partial charge >= 0.3 is 0 Å². The smallest absolute Gasteiger partial charge is 0.170 e. The Bertz CT molecular complexity index is 285. The van der Waals surface area contributed by atoms with Crippen LogP contribution in [0.2, 0.25) is 0 Å². The zero-order valence-electron chi connectivity index (χ0n) is 10.1. The number of aromatic nitrogens is 2. The van der Waals surface area contributed by atoms with Crippen LogP contribution in [0.5, 0.6) is 0 Å². The number of carbonyl (C=O) groups excluding carboxylic acids is 1. The van der Waals surface area contributed by atoms with Crippen molar-refractivity contribution in [3.05, 3.63) is 17.5 Å². The van der Waals surface area contributed by atoms with Crippen LogP contribution in [0, 0.1) is 0 Å². The number of hydrogen-bond donors (Lipinski definition) is 1. The predicted octanol–water partition coefficient (Wildman–Crippen LogP) is 2.17. The number of rotatable bonds is 2. The van der Waals surface area contributed by atoms with Crippen LogP contribution in [-0.4, -0.2) is 30.2 Å². The number of ether oxygens (including phenoxy) is 1. The Kier molecular flexibility index (Phi) is 5.86. The lowest BCUT2D eigenvalue weighted by Crippen LogP contribution is -2.11. The van der Waals surface area contributed by atoms with Gasteiger partial charge in [-0.25, -0.2) is 0 Å². The fourth-order valence-electron chi connectivity index (χ4n) is 0.782. The maximum absolute atomic E-state index is 10.3. The third-order valence-electron chi connectivity index (χ3n) is 1.82. The molecule has 0 saturated heterocycles. The van der Waals surface area contributed by atoms with Crippen LogP contribution in [0.3, 0.4) is 0 Å². The molecule has 86 valence electrons. The maximum Gasteiger partial charge on any atom is 0.170 e. The molecule has 0 aliphatic heterocycles. The van der Waals surface area contributed by atoms with E-state index in [2.05, 4.69) is 35.7 Å². The van der Waals surface area contributed by atoms with Crippen LogP contribution in [-0.2, 0) is 10.2 Å². The van der Waals surface area contributed by atoms with Crippen molar-refractivity contribution in [2.45, 2.75) is 33.1 Å². The highest BCUT2D eigenvalue weighted by Crippen LogP contribution is 2.19. The van der Waals surface area contributed by atoms with Crippen LogP contribution in [0.15, 0.2) is 6.07 Å². The molecule has 0 saturated carbocycles. The van der Waals surface area contributed by atoms with E-state index in [1.54, 1.807) is 13.2 Å². The summed E-state index contributed by atoms with van der Waals surface area (Å²) in [7, 11) is 1.68. The largest absolute Gasteiger partial charge is 0.385 e. The first-order valence-corrected chi connectivity index (χ1v) is 4.95. The van der Waals surface area contributed by atoms with E-state index < -0.39 is 0 Å². The van der Waals surface area contributed by atoms with Gasteiger partial charge in [0.1, 0.15) is 5.69 Å². The highest BCUT2D eigenvalue weighted by atomic mass is 16.5. The van der Waals surface area contributed by atoms with Crippen molar-refractivity contribution in [2.24, 2.45) is 0 Å². The van der Waals surface area contributed by atoms with Crippen LogP contribution in [0.1, 0.15) is 43.9 Å². The molecule has 4 nitrogen and oxygen atoms in total. The number of H-pyrrole nitrogens is 1. The van der Waals surface area contributed by atoms with Crippen LogP contribution in [0.4, 0.5) is 0 Å². The van der Waals surface area contributed by atoms with Gasteiger partial charge < -0.3 is 4.74 Å². The summed E-state index contributed by atoms with van der Waals surface area (Å²) >= 11 is 0. The fraction of sp³-hybridized carbons (Fsp3) is 0.636. The molecular weight excluding hydrogens is 192 g/mol. The van der Waals surface area contributed by atoms with Crippen molar-refractivity contribution in [3.63, 3.8) is 0 Å². The molecule has 0 fully saturated rings. The Hall–Kier alpha value is -1.16. The van der Waals surface area contributed by atoms with E-state index in [-0.39, 0.29) is 5.41 Å². The first kappa shape index (κ1) is 13.8. The van der Waals surface area contributed by atoms with Gasteiger partial charge in [0.2, 0.25) is 0 Å². The summed E-state index contributed by atoms with van der Waals surface area (Å²) in [5, 5.41) is 6.62. The molecule has 0 aliphatic rings. The Labute approximate surface area is 91.0 Å². The standard InChI is InChI=1S/C8H12N2O.C3H8O/c1-8(2,3)7-4-6(5-11)9-10-7;1-3-4-2/h4-5H,1-3H3,(H,9,10);3H2,1-2H3. The topological polar surface area (TPSA) is 55.0 Å². The van der Waals surface area contributed by atoms with Crippen molar-refractivity contribution < 1.29 is 9.53 Å². The molecule has 4 heteroatoms. The van der Waals surface area contributed by atoms with Crippen molar-refractivity contribution in [2.75, 3.05) is 13.7 Å². The summed E-state index contributed by atoms with van der Waals surface area (Å²) in [6, 6.07) is 1.77. The number of aromatic amines is 1. The number of methoxy groups -OCH3 is 1. The predicted molar refractivity (Wildman–Crippen MR) is 60.2 cm³/mol. The summed E-state index contributed by atoms with van der Waals surface area (Å²) in [4.78, 5) is 10.3. The average molecular weight is 212 g/mol. The average Bonchev–Trinajstić information content (AvgIpc) is 2.66. The minimum atomic E-state index is 0.0360. The van der Waals surface area contributed by atoms with E-state index >= 15 is 0 Å². The van der Waals surface area contributed by atoms with E-state index in [9.17, 15) is 4.79 Å². The number of nitrogens with zero attached hydrogens (tertiary/aromatic N) is 1. The second kappa shape index (κ2) is 6.35. The first-order chi connectivity index (χ1) is 6.95. The van der Waals surface area contributed by atoms with E-state index in [1.165, 1.54) is 0 Å². The molecule has 0 spiro atoms. The zero-order chi connectivity index (χ0) is 11.9. The molecule has 1 aromatic heterocycles. The van der Waals surface area contributed by atoms with Gasteiger partial charge in [-0.2, -0.15) is 5.10 Å². The van der Waals surface area contributed by atoms with E-state index in [0.29, 0.717) is 5.69 Å². The molecule has 1 heterocycles. The number of nitrogens with one attached hydrogen (secondary N) is 1. The van der Waals surface area contributed by atoms with Gasteiger partial charge in [-0.15, -0.1) is 0 Å². The van der Waals surface area contributed by atoms with E-state index in [0.717, 1.165) is 18.6 Å². The van der Waals surface area contributed by atoms with Crippen molar-refractivity contribution in [3.8, 4) is 0 Å². The van der Waals surface area contributed by atoms with Crippen LogP contribution in [0.25, 0.3) is 0 Å². The summed E-state index contributed by atoms with van der Waals surface area (Å²) in [6.07, 6.45) is 0.742. The molecule has 0 radical (unpaired) electrons. The zero-order valence-corrected chi connectivity index (χ0v) is 10.1. The summed E-state index contributed by atoms with van der Waals surface area (Å²) < 4.78 is 4.54. The highest BCUT2D eigenvalue weighted by Gasteiger charge is 2.15. The summed E-state index contributed by atoms with van der Waals surface area (Å²) in [6.45, 7) is 8.97. The van der Waals surface area contributed by atoms with Gasteiger partial charge in [0.15, 0.2) is 6.29 Å². The normalized spacial score (nSPS) is 10.5. The second-order valence-electron chi connectivity index (χ2n) is 4.15. The van der Waals surface area contributed by atoms with Gasteiger partial charge in [0, 0.05) is 24.8 Å². The third kappa shape index (κ3) is 5.32. The van der Waals surface area contributed by atoms with Gasteiger partial charge in [-0.3, -0.25) is 9.89 Å². The number of carbonyl (C=O) groups is 1. The van der Waals surface area contributed by atoms with Crippen molar-refractivity contribution in [1.29, 1.82) is 0 Å². The number of hydrogen-bond acceptors (Lipinski definition) is 3. The SMILES string of the molecule is CC(C)(C)c1cc(C=O)n[nH]1.CCOC. The molecule has 0 aliphatic carbocycles. The molecule has 0 atom stereocenters. The Morgan fingerprint density at radius 2 is 2.07 bits per heavy atom. The highest BCUT2D eigenvalue weighted by molar-refractivity contribution is 5.71. The molecule has 0 amide bonds. The minimum Gasteiger partial charge on any atom is -0.385 e. The second-order valence-corrected chi connectivity index (χ2v) is 4.15. The van der Waals surface area contributed by atoms with Crippen LogP contribution < -0.4 is 0 Å². The van der Waals surface area contributed by atoms with E-state index in [4.69, 9.17) is 0 Å². The molecule has 15 heavy (non-hydrogen) atoms. The van der Waals surface area contributed by atoms with Gasteiger partial charge in [0.25, 0.3) is 0 Å². The molecule has 0 bridgehead atoms. The number of aldehydes is 1. The first-order valence-electron chi connectivity index (χ1n) is 4.95. The lowest BCUT2D eigenvalue weighted by Gasteiger charge is -2.14. The molecule has 1 N–H and O–H groups in total. The minimum absolute atomic E-state index is 0.0360. The molecule has 0 aromatic carbocycles. The van der Waals surface area contributed by atoms with Gasteiger partial charge in [-0.05, 0) is 13.0 Å². The Balaban J connectivity index is 0.000000423. The monoisotopic (exact) mass is 212 g/mol. The third-order valence-corrected chi connectivity index (χ3v) is 1.82. The van der Waals surface area contributed by atoms with Crippen LogP contribution >= 0.6 is 0 Å². The summed E-state index contributed by atoms with van der Waals surface area (Å²) in [5.74, 6) is 0. The Morgan fingerprint density at radius 1 is 1.53 bits per heavy atom. The molecular formula is C11H20N2O2. The molecule has 1 aromatic rings. The lowest BCUT2D eigenvalue weighted by atomic mass is 9.92. The quantitative estimate of drug-likeness (QED) is 0.764. The van der Waals surface area contributed by atoms with Crippen molar-refractivity contribution >= 4 is 6.29 Å². The lowest BCUT2D eigenvalue weighted by molar-refractivity contribution is 0.111. The van der Waals surface area contributed by atoms with Gasteiger partial charge in [-0.1, -0.05) is 20.8 Å².